The molecule has 0 unspecified atom stereocenters. The van der Waals surface area contributed by atoms with Crippen LogP contribution >= 0.6 is 0 Å². The molecule has 0 bridgehead atoms. The minimum Gasteiger partial charge on any atom is -0.869 e. The number of nitrogens with zero attached hydrogens (tertiary/aromatic N) is 4. The largest absolute Gasteiger partial charge is 2.00 e. The molecule has 0 aliphatic carbocycles. The van der Waals surface area contributed by atoms with Crippen molar-refractivity contribution in [1.29, 1.82) is 0 Å². The molecule has 0 aliphatic rings. The average molecular weight is 1360 g/mol. The van der Waals surface area contributed by atoms with Crippen molar-refractivity contribution in [2.45, 2.75) is 49.4 Å². The fraction of sp³-hybridized carbons (Fsp3) is 0.625. The van der Waals surface area contributed by atoms with E-state index in [9.17, 15) is 146 Å². The van der Waals surface area contributed by atoms with Crippen molar-refractivity contribution in [3.63, 3.8) is 0 Å². The van der Waals surface area contributed by atoms with Gasteiger partial charge in [-0.1, -0.05) is 0 Å². The molecule has 0 saturated heterocycles. The minimum absolute atomic E-state index is 0. The Hall–Kier alpha value is -3.13. The van der Waals surface area contributed by atoms with Gasteiger partial charge in [0.05, 0.1) is 0 Å². The summed E-state index contributed by atoms with van der Waals surface area (Å²) >= 11 is 0. The van der Waals surface area contributed by atoms with E-state index in [-0.39, 0.29) is 67.1 Å². The third-order valence-electron chi connectivity index (χ3n) is 4.84. The van der Waals surface area contributed by atoms with E-state index in [4.69, 9.17) is 20.4 Å². The Labute approximate surface area is 453 Å². The summed E-state index contributed by atoms with van der Waals surface area (Å²) in [6.45, 7) is -7.48. The molecule has 4 radical (unpaired) electrons. The van der Waals surface area contributed by atoms with Gasteiger partial charge in [-0.25, -0.2) is 0 Å². The zero-order chi connectivity index (χ0) is 59.9. The van der Waals surface area contributed by atoms with Crippen LogP contribution in [0.3, 0.4) is 0 Å². The number of halogens is 24. The molecular formula is C32H36Co4F24N4O12. The summed E-state index contributed by atoms with van der Waals surface area (Å²) in [7, 11) is 4.00. The van der Waals surface area contributed by atoms with E-state index in [1.807, 2.05) is 0 Å². The predicted octanol–water partition coefficient (Wildman–Crippen LogP) is -0.950. The summed E-state index contributed by atoms with van der Waals surface area (Å²) < 4.78 is 284. The number of aliphatic imine (C=N–C) groups is 4. The van der Waals surface area contributed by atoms with Crippen LogP contribution in [-0.2, 0) is 67.1 Å². The first-order valence-electron chi connectivity index (χ1n) is 16.8. The van der Waals surface area contributed by atoms with Crippen molar-refractivity contribution in [2.75, 3.05) is 81.0 Å². The molecule has 0 heterocycles. The quantitative estimate of drug-likeness (QED) is 0.105. The monoisotopic (exact) mass is 1360 g/mol. The van der Waals surface area contributed by atoms with E-state index in [1.165, 1.54) is 0 Å². The van der Waals surface area contributed by atoms with Crippen molar-refractivity contribution in [1.82, 2.24) is 0 Å². The molecule has 44 heteroatoms. The Kier molecular flexibility index (Phi) is 67.0. The van der Waals surface area contributed by atoms with Crippen molar-refractivity contribution < 1.29 is 234 Å². The molecule has 0 aromatic carbocycles. The van der Waals surface area contributed by atoms with Crippen LogP contribution in [0.15, 0.2) is 67.3 Å². The van der Waals surface area contributed by atoms with Crippen LogP contribution in [0.1, 0.15) is 0 Å². The molecule has 0 atom stereocenters. The maximum atomic E-state index is 12.0. The summed E-state index contributed by atoms with van der Waals surface area (Å²) in [6, 6.07) is 0. The van der Waals surface area contributed by atoms with Crippen LogP contribution in [0.2, 0.25) is 0 Å². The molecule has 76 heavy (non-hydrogen) atoms. The molecule has 0 amide bonds. The van der Waals surface area contributed by atoms with Gasteiger partial charge in [0.15, 0.2) is 0 Å². The zero-order valence-electron chi connectivity index (χ0n) is 37.2. The summed E-state index contributed by atoms with van der Waals surface area (Å²) in [5, 5.41) is 108. The zero-order valence-corrected chi connectivity index (χ0v) is 41.4. The number of alkyl halides is 24. The van der Waals surface area contributed by atoms with Gasteiger partial charge in [0.25, 0.3) is 0 Å². The first-order chi connectivity index (χ1) is 32.3. The van der Waals surface area contributed by atoms with Gasteiger partial charge in [-0.15, -0.1) is 26.4 Å². The Morgan fingerprint density at radius 2 is 0.382 bits per heavy atom. The van der Waals surface area contributed by atoms with E-state index in [0.29, 0.717) is 0 Å². The minimum atomic E-state index is -5.40. The summed E-state index contributed by atoms with van der Waals surface area (Å²) in [4.78, 5) is 10.3. The number of aliphatic hydroxyl groups excluding tert-OH is 4. The van der Waals surface area contributed by atoms with Gasteiger partial charge in [-0.3, -0.25) is 20.0 Å². The van der Waals surface area contributed by atoms with Crippen LogP contribution in [0, 0.1) is 0 Å². The number of hydrogen-bond acceptors (Lipinski definition) is 16. The molecule has 16 nitrogen and oxygen atoms in total. The molecule has 0 fully saturated rings. The Bertz CT molecular complexity index is 1440. The summed E-state index contributed by atoms with van der Waals surface area (Å²) in [5.74, 6) is -10.7. The third-order valence-corrected chi connectivity index (χ3v) is 4.84. The third kappa shape index (κ3) is 58.5. The second-order valence-corrected chi connectivity index (χ2v) is 9.90. The van der Waals surface area contributed by atoms with Gasteiger partial charge in [-0.2, -0.15) is 105 Å². The number of aliphatic hydroxyl groups is 4. The second kappa shape index (κ2) is 50.1. The molecule has 0 rings (SSSR count). The van der Waals surface area contributed by atoms with Gasteiger partial charge >= 0.3 is 117 Å². The van der Waals surface area contributed by atoms with Crippen LogP contribution in [0.25, 0.3) is 0 Å². The Morgan fingerprint density at radius 1 is 0.276 bits per heavy atom. The predicted molar refractivity (Wildman–Crippen MR) is 182 cm³/mol. The van der Waals surface area contributed by atoms with Crippen LogP contribution < -0.4 is 40.9 Å². The topological polar surface area (TPSA) is 315 Å². The normalized spacial score (nSPS) is 13.3. The van der Waals surface area contributed by atoms with Crippen molar-refractivity contribution >= 4 is 22.8 Å². The SMILES string of the molecule is CO.CO.CO.CO.[Co+2].[Co+2].[Co+2].[Co+2].[O-]CCN=C(/C=C(\[O-])C(F)(F)F)C(F)(F)F.[O-]CCN=C(/C=C(\[O-])C(F)(F)F)C(F)(F)F.[O-]CCN=C(/C=C(\[O-])C(F)(F)F)C(F)(F)F.[O-]CCN=C(/C=C(\[O-])C(F)(F)F)C(F)(F)F. The maximum Gasteiger partial charge on any atom is 2.00 e. The number of allylic oxidation sites excluding steroid dienone is 8. The molecule has 4 N–H and O–H groups in total. The van der Waals surface area contributed by atoms with Gasteiger partial charge in [0, 0.05) is 54.6 Å². The van der Waals surface area contributed by atoms with Crippen molar-refractivity contribution in [3.05, 3.63) is 47.3 Å². The summed E-state index contributed by atoms with van der Waals surface area (Å²) in [6.07, 6.45) is -45.1. The van der Waals surface area contributed by atoms with Gasteiger partial charge < -0.3 is 61.3 Å². The first kappa shape index (κ1) is 102. The number of rotatable bonds is 12. The van der Waals surface area contributed by atoms with E-state index in [1.54, 1.807) is 0 Å². The van der Waals surface area contributed by atoms with Gasteiger partial charge in [0.2, 0.25) is 0 Å². The molecule has 0 aromatic rings. The van der Waals surface area contributed by atoms with Crippen LogP contribution in [-0.4, -0.2) is 174 Å². The van der Waals surface area contributed by atoms with E-state index >= 15 is 0 Å². The van der Waals surface area contributed by atoms with Crippen LogP contribution in [0.5, 0.6) is 0 Å². The maximum absolute atomic E-state index is 12.0. The van der Waals surface area contributed by atoms with Crippen molar-refractivity contribution in [3.8, 4) is 0 Å². The smallest absolute Gasteiger partial charge is 0.869 e. The number of hydrogen-bond donors (Lipinski definition) is 4. The van der Waals surface area contributed by atoms with Gasteiger partial charge in [-0.05, 0) is 47.3 Å². The second-order valence-electron chi connectivity index (χ2n) is 9.90. The fourth-order valence-corrected chi connectivity index (χ4v) is 2.36. The molecule has 0 aromatic heterocycles. The Morgan fingerprint density at radius 3 is 0.447 bits per heavy atom. The molecule has 0 saturated carbocycles. The van der Waals surface area contributed by atoms with Gasteiger partial charge in [0.1, 0.15) is 22.8 Å². The Balaban J connectivity index is -0.0000000675. The standard InChI is InChI=1S/4C7H6F6NO2.4CH4O.4Co/c4*8-6(9,10)4(14-1-2-15)3-5(16)7(11,12)13;4*1-2;;;;/h4*3,16H,1-2H2;4*2H,1H3;;;;/q4*-1;;;;;4*+2/p-4/b4*5-3-,14-4?;;;;;;;;. The molecule has 460 valence electrons. The van der Waals surface area contributed by atoms with Crippen molar-refractivity contribution in [2.24, 2.45) is 20.0 Å². The average Bonchev–Trinajstić information content (AvgIpc) is 3.24. The molecule has 0 aliphatic heterocycles. The van der Waals surface area contributed by atoms with E-state index < -0.39 is 172 Å². The molecule has 0 spiro atoms. The van der Waals surface area contributed by atoms with E-state index in [0.717, 1.165) is 28.4 Å². The first-order valence-corrected chi connectivity index (χ1v) is 16.8. The molecular weight excluding hydrogens is 1320 g/mol. The van der Waals surface area contributed by atoms with Crippen LogP contribution in [0.4, 0.5) is 105 Å². The summed E-state index contributed by atoms with van der Waals surface area (Å²) in [5.41, 5.74) is -8.03. The van der Waals surface area contributed by atoms with E-state index in [2.05, 4.69) is 20.0 Å². The fourth-order valence-electron chi connectivity index (χ4n) is 2.36.